The van der Waals surface area contributed by atoms with Crippen LogP contribution >= 0.6 is 0 Å². The number of rotatable bonds is 2. The highest BCUT2D eigenvalue weighted by Gasteiger charge is 2.35. The van der Waals surface area contributed by atoms with Crippen molar-refractivity contribution in [3.05, 3.63) is 11.9 Å². The van der Waals surface area contributed by atoms with Crippen molar-refractivity contribution in [3.8, 4) is 0 Å². The third kappa shape index (κ3) is 2.60. The van der Waals surface area contributed by atoms with Gasteiger partial charge in [0, 0.05) is 32.4 Å². The molecule has 18 heavy (non-hydrogen) atoms. The standard InChI is InChI=1S/C11H17F3N4/c1-15-8-3-5-18(6-4-8)10-16-9(7-17(10)2)11(12,13)14/h7-8,15H,3-6H2,1-2H3. The lowest BCUT2D eigenvalue weighted by Gasteiger charge is -2.32. The Balaban J connectivity index is 2.12. The van der Waals surface area contributed by atoms with Gasteiger partial charge in [0.15, 0.2) is 5.69 Å². The molecule has 0 radical (unpaired) electrons. The normalized spacial score (nSPS) is 18.4. The first-order valence-electron chi connectivity index (χ1n) is 5.94. The Hall–Kier alpha value is -1.24. The molecule has 0 aromatic carbocycles. The summed E-state index contributed by atoms with van der Waals surface area (Å²) in [4.78, 5) is 5.60. The third-order valence-electron chi connectivity index (χ3n) is 3.33. The number of halogens is 3. The monoisotopic (exact) mass is 262 g/mol. The van der Waals surface area contributed by atoms with Gasteiger partial charge in [0.05, 0.1) is 0 Å². The number of hydrogen-bond donors (Lipinski definition) is 1. The van der Waals surface area contributed by atoms with Crippen LogP contribution in [-0.4, -0.2) is 35.7 Å². The predicted molar refractivity (Wildman–Crippen MR) is 62.5 cm³/mol. The Morgan fingerprint density at radius 2 is 1.94 bits per heavy atom. The van der Waals surface area contributed by atoms with Crippen molar-refractivity contribution in [1.29, 1.82) is 0 Å². The smallest absolute Gasteiger partial charge is 0.342 e. The van der Waals surface area contributed by atoms with Crippen molar-refractivity contribution < 1.29 is 13.2 Å². The lowest BCUT2D eigenvalue weighted by molar-refractivity contribution is -0.140. The lowest BCUT2D eigenvalue weighted by atomic mass is 10.1. The maximum Gasteiger partial charge on any atom is 0.434 e. The highest BCUT2D eigenvalue weighted by molar-refractivity contribution is 5.34. The van der Waals surface area contributed by atoms with Gasteiger partial charge in [-0.3, -0.25) is 0 Å². The van der Waals surface area contributed by atoms with Gasteiger partial charge in [0.1, 0.15) is 0 Å². The molecule has 0 aliphatic carbocycles. The molecule has 0 saturated carbocycles. The number of piperidine rings is 1. The summed E-state index contributed by atoms with van der Waals surface area (Å²) in [5.41, 5.74) is -0.823. The second kappa shape index (κ2) is 4.79. The van der Waals surface area contributed by atoms with E-state index in [0.29, 0.717) is 12.0 Å². The molecule has 102 valence electrons. The minimum absolute atomic E-state index is 0.400. The van der Waals surface area contributed by atoms with Gasteiger partial charge in [-0.2, -0.15) is 13.2 Å². The van der Waals surface area contributed by atoms with Crippen LogP contribution in [-0.2, 0) is 13.2 Å². The van der Waals surface area contributed by atoms with Crippen LogP contribution in [0.5, 0.6) is 0 Å². The summed E-state index contributed by atoms with van der Waals surface area (Å²) in [6, 6.07) is 0.448. The summed E-state index contributed by atoms with van der Waals surface area (Å²) >= 11 is 0. The van der Waals surface area contributed by atoms with Gasteiger partial charge in [0.2, 0.25) is 5.95 Å². The number of aromatic nitrogens is 2. The highest BCUT2D eigenvalue weighted by atomic mass is 19.4. The van der Waals surface area contributed by atoms with Crippen LogP contribution in [0, 0.1) is 0 Å². The van der Waals surface area contributed by atoms with Crippen LogP contribution in [0.2, 0.25) is 0 Å². The molecule has 7 heteroatoms. The second-order valence-electron chi connectivity index (χ2n) is 4.58. The van der Waals surface area contributed by atoms with E-state index in [-0.39, 0.29) is 0 Å². The molecule has 0 spiro atoms. The number of nitrogens with one attached hydrogen (secondary N) is 1. The van der Waals surface area contributed by atoms with Gasteiger partial charge >= 0.3 is 6.18 Å². The first-order chi connectivity index (χ1) is 8.41. The maximum absolute atomic E-state index is 12.6. The minimum atomic E-state index is -4.38. The van der Waals surface area contributed by atoms with E-state index in [0.717, 1.165) is 32.1 Å². The number of alkyl halides is 3. The van der Waals surface area contributed by atoms with Crippen LogP contribution in [0.4, 0.5) is 19.1 Å². The van der Waals surface area contributed by atoms with Gasteiger partial charge in [-0.25, -0.2) is 4.98 Å². The molecule has 1 N–H and O–H groups in total. The van der Waals surface area contributed by atoms with E-state index in [9.17, 15) is 13.2 Å². The summed E-state index contributed by atoms with van der Waals surface area (Å²) < 4.78 is 39.1. The molecule has 1 saturated heterocycles. The van der Waals surface area contributed by atoms with Crippen molar-refractivity contribution in [2.75, 3.05) is 25.0 Å². The molecule has 0 bridgehead atoms. The van der Waals surface area contributed by atoms with E-state index in [1.54, 1.807) is 7.05 Å². The van der Waals surface area contributed by atoms with Crippen molar-refractivity contribution in [2.24, 2.45) is 7.05 Å². The molecule has 4 nitrogen and oxygen atoms in total. The van der Waals surface area contributed by atoms with Gasteiger partial charge in [0.25, 0.3) is 0 Å². The van der Waals surface area contributed by atoms with Crippen molar-refractivity contribution >= 4 is 5.95 Å². The fraction of sp³-hybridized carbons (Fsp3) is 0.727. The number of nitrogens with zero attached hydrogens (tertiary/aromatic N) is 3. The van der Waals surface area contributed by atoms with Crippen LogP contribution in [0.1, 0.15) is 18.5 Å². The Morgan fingerprint density at radius 3 is 2.39 bits per heavy atom. The van der Waals surface area contributed by atoms with E-state index >= 15 is 0 Å². The highest BCUT2D eigenvalue weighted by Crippen LogP contribution is 2.30. The number of imidazole rings is 1. The number of anilines is 1. The van der Waals surface area contributed by atoms with Crippen molar-refractivity contribution in [1.82, 2.24) is 14.9 Å². The molecule has 0 amide bonds. The molecule has 1 aromatic rings. The molecule has 2 rings (SSSR count). The summed E-state index contributed by atoms with van der Waals surface area (Å²) in [5.74, 6) is 0.400. The van der Waals surface area contributed by atoms with Crippen LogP contribution in [0.3, 0.4) is 0 Å². The topological polar surface area (TPSA) is 33.1 Å². The average molecular weight is 262 g/mol. The fourth-order valence-electron chi connectivity index (χ4n) is 2.26. The van der Waals surface area contributed by atoms with E-state index in [4.69, 9.17) is 0 Å². The SMILES string of the molecule is CNC1CCN(c2nc(C(F)(F)F)cn2C)CC1. The molecule has 1 aliphatic heterocycles. The number of hydrogen-bond acceptors (Lipinski definition) is 3. The van der Waals surface area contributed by atoms with E-state index in [1.807, 2.05) is 11.9 Å². The number of aryl methyl sites for hydroxylation is 1. The van der Waals surface area contributed by atoms with Crippen molar-refractivity contribution in [2.45, 2.75) is 25.1 Å². The Morgan fingerprint density at radius 1 is 1.33 bits per heavy atom. The maximum atomic E-state index is 12.6. The van der Waals surface area contributed by atoms with Crippen LogP contribution in [0.25, 0.3) is 0 Å². The average Bonchev–Trinajstić information content (AvgIpc) is 2.71. The first-order valence-corrected chi connectivity index (χ1v) is 5.94. The zero-order valence-electron chi connectivity index (χ0n) is 10.5. The van der Waals surface area contributed by atoms with Crippen LogP contribution < -0.4 is 10.2 Å². The zero-order valence-corrected chi connectivity index (χ0v) is 10.5. The molecule has 0 atom stereocenters. The summed E-state index contributed by atoms with van der Waals surface area (Å²) in [6.07, 6.45) is -1.49. The fourth-order valence-corrected chi connectivity index (χ4v) is 2.26. The summed E-state index contributed by atoms with van der Waals surface area (Å²) in [7, 11) is 3.50. The largest absolute Gasteiger partial charge is 0.434 e. The van der Waals surface area contributed by atoms with Gasteiger partial charge in [-0.1, -0.05) is 0 Å². The molecule has 1 aromatic heterocycles. The van der Waals surface area contributed by atoms with Gasteiger partial charge < -0.3 is 14.8 Å². The molecule has 1 fully saturated rings. The van der Waals surface area contributed by atoms with Crippen LogP contribution in [0.15, 0.2) is 6.20 Å². The first kappa shape index (κ1) is 13.2. The zero-order chi connectivity index (χ0) is 13.3. The van der Waals surface area contributed by atoms with E-state index in [1.165, 1.54) is 4.57 Å². The predicted octanol–water partition coefficient (Wildman–Crippen LogP) is 1.63. The van der Waals surface area contributed by atoms with Gasteiger partial charge in [-0.15, -0.1) is 0 Å². The Kier molecular flexibility index (Phi) is 3.52. The lowest BCUT2D eigenvalue weighted by Crippen LogP contribution is -2.42. The molecular formula is C11H17F3N4. The van der Waals surface area contributed by atoms with Crippen molar-refractivity contribution in [3.63, 3.8) is 0 Å². The third-order valence-corrected chi connectivity index (χ3v) is 3.33. The Bertz CT molecular complexity index is 405. The molecule has 2 heterocycles. The minimum Gasteiger partial charge on any atom is -0.342 e. The van der Waals surface area contributed by atoms with Gasteiger partial charge in [-0.05, 0) is 19.9 Å². The summed E-state index contributed by atoms with van der Waals surface area (Å²) in [6.45, 7) is 1.46. The Labute approximate surface area is 104 Å². The van der Waals surface area contributed by atoms with E-state index < -0.39 is 11.9 Å². The molecule has 1 aliphatic rings. The molecular weight excluding hydrogens is 245 g/mol. The second-order valence-corrected chi connectivity index (χ2v) is 4.58. The van der Waals surface area contributed by atoms with E-state index in [2.05, 4.69) is 10.3 Å². The molecule has 0 unspecified atom stereocenters. The summed E-state index contributed by atoms with van der Waals surface area (Å²) in [5, 5.41) is 3.19. The quantitative estimate of drug-likeness (QED) is 0.879.